The van der Waals surface area contributed by atoms with Crippen molar-refractivity contribution in [2.75, 3.05) is 6.54 Å². The lowest BCUT2D eigenvalue weighted by molar-refractivity contribution is 0.413. The number of benzene rings is 1. The molecule has 0 amide bonds. The van der Waals surface area contributed by atoms with Crippen molar-refractivity contribution in [3.05, 3.63) is 35.4 Å². The Morgan fingerprint density at radius 2 is 2.21 bits per heavy atom. The molecule has 0 saturated carbocycles. The van der Waals surface area contributed by atoms with Crippen LogP contribution in [0.5, 0.6) is 0 Å². The lowest BCUT2D eigenvalue weighted by atomic mass is 9.76. The van der Waals surface area contributed by atoms with Crippen LogP contribution in [0.4, 0.5) is 0 Å². The van der Waals surface area contributed by atoms with Crippen LogP contribution in [0.3, 0.4) is 0 Å². The third-order valence-corrected chi connectivity index (χ3v) is 3.47. The highest BCUT2D eigenvalue weighted by Crippen LogP contribution is 2.36. The summed E-state index contributed by atoms with van der Waals surface area (Å²) in [7, 11) is 0. The van der Waals surface area contributed by atoms with E-state index in [1.807, 2.05) is 0 Å². The molecule has 1 unspecified atom stereocenters. The third-order valence-electron chi connectivity index (χ3n) is 3.47. The van der Waals surface area contributed by atoms with Gasteiger partial charge in [-0.25, -0.2) is 0 Å². The average Bonchev–Trinajstić information content (AvgIpc) is 2.27. The Labute approximate surface area is 86.3 Å². The number of rotatable bonds is 2. The van der Waals surface area contributed by atoms with E-state index in [-0.39, 0.29) is 0 Å². The van der Waals surface area contributed by atoms with Crippen LogP contribution < -0.4 is 5.73 Å². The molecule has 0 aliphatic heterocycles. The maximum Gasteiger partial charge on any atom is -0.00457 e. The van der Waals surface area contributed by atoms with E-state index in [1.54, 1.807) is 11.1 Å². The van der Waals surface area contributed by atoms with Crippen molar-refractivity contribution in [1.29, 1.82) is 0 Å². The summed E-state index contributed by atoms with van der Waals surface area (Å²) in [6, 6.07) is 8.85. The predicted molar refractivity (Wildman–Crippen MR) is 60.3 cm³/mol. The average molecular weight is 189 g/mol. The first-order valence-electron chi connectivity index (χ1n) is 5.61. The third kappa shape index (κ3) is 1.69. The molecule has 0 fully saturated rings. The molecular weight excluding hydrogens is 170 g/mol. The number of hydrogen-bond acceptors (Lipinski definition) is 1. The van der Waals surface area contributed by atoms with Crippen LogP contribution in [-0.2, 0) is 6.42 Å². The molecule has 1 aromatic rings. The van der Waals surface area contributed by atoms with Crippen LogP contribution in [0.15, 0.2) is 24.3 Å². The van der Waals surface area contributed by atoms with Crippen LogP contribution in [0.1, 0.15) is 36.8 Å². The summed E-state index contributed by atoms with van der Waals surface area (Å²) in [5.74, 6) is 1.32. The molecule has 2 rings (SSSR count). The Balaban J connectivity index is 2.30. The maximum absolute atomic E-state index is 5.76. The zero-order valence-electron chi connectivity index (χ0n) is 8.87. The molecule has 0 heterocycles. The Hall–Kier alpha value is -0.820. The molecule has 1 nitrogen and oxygen atoms in total. The second kappa shape index (κ2) is 4.14. The summed E-state index contributed by atoms with van der Waals surface area (Å²) >= 11 is 0. The van der Waals surface area contributed by atoms with E-state index in [1.165, 1.54) is 19.3 Å². The van der Waals surface area contributed by atoms with Gasteiger partial charge in [0, 0.05) is 0 Å². The summed E-state index contributed by atoms with van der Waals surface area (Å²) in [5, 5.41) is 0. The monoisotopic (exact) mass is 189 g/mol. The van der Waals surface area contributed by atoms with Gasteiger partial charge in [-0.2, -0.15) is 0 Å². The van der Waals surface area contributed by atoms with E-state index in [9.17, 15) is 0 Å². The van der Waals surface area contributed by atoms with Crippen molar-refractivity contribution in [2.45, 2.75) is 32.1 Å². The molecule has 0 spiro atoms. The largest absolute Gasteiger partial charge is 0.330 e. The van der Waals surface area contributed by atoms with E-state index in [2.05, 4.69) is 31.2 Å². The van der Waals surface area contributed by atoms with Crippen LogP contribution in [0, 0.1) is 5.92 Å². The van der Waals surface area contributed by atoms with Crippen molar-refractivity contribution in [3.8, 4) is 0 Å². The van der Waals surface area contributed by atoms with Crippen LogP contribution in [0.25, 0.3) is 0 Å². The quantitative estimate of drug-likeness (QED) is 0.760. The van der Waals surface area contributed by atoms with Gasteiger partial charge in [0.25, 0.3) is 0 Å². The molecule has 76 valence electrons. The van der Waals surface area contributed by atoms with E-state index < -0.39 is 0 Å². The predicted octanol–water partition coefficient (Wildman–Crippen LogP) is 2.70. The molecule has 0 bridgehead atoms. The minimum atomic E-state index is 0.622. The summed E-state index contributed by atoms with van der Waals surface area (Å²) in [6.07, 6.45) is 3.89. The summed E-state index contributed by atoms with van der Waals surface area (Å²) in [5.41, 5.74) is 8.86. The number of fused-ring (bicyclic) bond motifs is 1. The molecule has 0 saturated heterocycles. The maximum atomic E-state index is 5.76. The van der Waals surface area contributed by atoms with Crippen LogP contribution in [0.2, 0.25) is 0 Å². The lowest BCUT2D eigenvalue weighted by Crippen LogP contribution is -2.22. The Morgan fingerprint density at radius 1 is 1.43 bits per heavy atom. The topological polar surface area (TPSA) is 26.0 Å². The zero-order chi connectivity index (χ0) is 9.97. The highest BCUT2D eigenvalue weighted by molar-refractivity contribution is 5.33. The fraction of sp³-hybridized carbons (Fsp3) is 0.538. The van der Waals surface area contributed by atoms with Gasteiger partial charge in [0.1, 0.15) is 0 Å². The van der Waals surface area contributed by atoms with E-state index in [0.717, 1.165) is 6.54 Å². The second-order valence-corrected chi connectivity index (χ2v) is 4.41. The normalized spacial score (nSPS) is 22.9. The van der Waals surface area contributed by atoms with Gasteiger partial charge in [-0.15, -0.1) is 0 Å². The molecule has 14 heavy (non-hydrogen) atoms. The van der Waals surface area contributed by atoms with Crippen molar-refractivity contribution < 1.29 is 0 Å². The fourth-order valence-electron chi connectivity index (χ4n) is 2.55. The van der Waals surface area contributed by atoms with E-state index in [0.29, 0.717) is 11.8 Å². The van der Waals surface area contributed by atoms with Gasteiger partial charge in [-0.1, -0.05) is 31.2 Å². The van der Waals surface area contributed by atoms with Crippen molar-refractivity contribution >= 4 is 0 Å². The first-order valence-corrected chi connectivity index (χ1v) is 5.61. The van der Waals surface area contributed by atoms with Crippen molar-refractivity contribution in [3.63, 3.8) is 0 Å². The van der Waals surface area contributed by atoms with E-state index >= 15 is 0 Å². The molecule has 1 aliphatic rings. The molecule has 0 aromatic heterocycles. The minimum Gasteiger partial charge on any atom is -0.330 e. The first kappa shape index (κ1) is 9.72. The molecule has 2 atom stereocenters. The number of aryl methyl sites for hydroxylation is 1. The number of nitrogens with two attached hydrogens (primary N) is 1. The summed E-state index contributed by atoms with van der Waals surface area (Å²) < 4.78 is 0. The van der Waals surface area contributed by atoms with Gasteiger partial charge in [0.05, 0.1) is 0 Å². The number of hydrogen-bond donors (Lipinski definition) is 1. The Kier molecular flexibility index (Phi) is 2.87. The lowest BCUT2D eigenvalue weighted by Gasteiger charge is -2.29. The van der Waals surface area contributed by atoms with Gasteiger partial charge in [-0.05, 0) is 48.8 Å². The molecule has 2 N–H and O–H groups in total. The Morgan fingerprint density at radius 3 is 3.00 bits per heavy atom. The highest BCUT2D eigenvalue weighted by atomic mass is 14.6. The van der Waals surface area contributed by atoms with Crippen LogP contribution in [-0.4, -0.2) is 6.54 Å². The minimum absolute atomic E-state index is 0.622. The van der Waals surface area contributed by atoms with Gasteiger partial charge in [0.2, 0.25) is 0 Å². The molecule has 0 radical (unpaired) electrons. The highest BCUT2D eigenvalue weighted by Gasteiger charge is 2.23. The summed E-state index contributed by atoms with van der Waals surface area (Å²) in [4.78, 5) is 0. The van der Waals surface area contributed by atoms with Crippen LogP contribution >= 0.6 is 0 Å². The smallest absolute Gasteiger partial charge is 0.00457 e. The molecular formula is C13H19N. The zero-order valence-corrected chi connectivity index (χ0v) is 8.87. The Bertz CT molecular complexity index is 306. The van der Waals surface area contributed by atoms with Gasteiger partial charge < -0.3 is 5.73 Å². The first-order chi connectivity index (χ1) is 6.83. The fourth-order valence-corrected chi connectivity index (χ4v) is 2.55. The van der Waals surface area contributed by atoms with Crippen molar-refractivity contribution in [1.82, 2.24) is 0 Å². The molecule has 1 aromatic carbocycles. The SMILES string of the molecule is C[C@H](CN)C1CCCc2ccccc21. The standard InChI is InChI=1S/C13H19N/c1-10(9-14)12-8-4-6-11-5-2-3-7-13(11)12/h2-3,5,7,10,12H,4,6,8-9,14H2,1H3/t10-,12?/m1/s1. The van der Waals surface area contributed by atoms with Crippen molar-refractivity contribution in [2.24, 2.45) is 11.7 Å². The van der Waals surface area contributed by atoms with Gasteiger partial charge in [0.15, 0.2) is 0 Å². The van der Waals surface area contributed by atoms with E-state index in [4.69, 9.17) is 5.73 Å². The summed E-state index contributed by atoms with van der Waals surface area (Å²) in [6.45, 7) is 3.08. The van der Waals surface area contributed by atoms with Gasteiger partial charge in [-0.3, -0.25) is 0 Å². The van der Waals surface area contributed by atoms with Gasteiger partial charge >= 0.3 is 0 Å². The molecule has 1 aliphatic carbocycles. The molecule has 1 heteroatoms. The second-order valence-electron chi connectivity index (χ2n) is 4.41.